The number of nitrogens with zero attached hydrogens (tertiary/aromatic N) is 5. The molecule has 144 valence electrons. The van der Waals surface area contributed by atoms with Crippen molar-refractivity contribution in [3.8, 4) is 5.69 Å². The predicted octanol–water partition coefficient (Wildman–Crippen LogP) is 3.15. The molecule has 0 N–H and O–H groups in total. The largest absolute Gasteiger partial charge is 0.368 e. The summed E-state index contributed by atoms with van der Waals surface area (Å²) >= 11 is 0. The zero-order valence-electron chi connectivity index (χ0n) is 16.6. The molecule has 2 heterocycles. The van der Waals surface area contributed by atoms with Gasteiger partial charge in [-0.15, -0.1) is 5.10 Å². The van der Waals surface area contributed by atoms with Gasteiger partial charge in [0.2, 0.25) is 0 Å². The normalized spacial score (nSPS) is 14.4. The molecule has 1 amide bonds. The summed E-state index contributed by atoms with van der Waals surface area (Å²) in [5, 5.41) is 8.22. The van der Waals surface area contributed by atoms with Crippen molar-refractivity contribution in [1.82, 2.24) is 19.9 Å². The molecule has 3 aromatic rings. The summed E-state index contributed by atoms with van der Waals surface area (Å²) in [7, 11) is 0. The first kappa shape index (κ1) is 18.2. The molecule has 6 heteroatoms. The summed E-state index contributed by atoms with van der Waals surface area (Å²) in [5.74, 6) is -0.0568. The first-order valence-electron chi connectivity index (χ1n) is 9.62. The minimum atomic E-state index is -0.0568. The van der Waals surface area contributed by atoms with E-state index >= 15 is 0 Å². The third-order valence-electron chi connectivity index (χ3n) is 5.27. The van der Waals surface area contributed by atoms with Crippen molar-refractivity contribution >= 4 is 11.6 Å². The maximum absolute atomic E-state index is 12.8. The number of carbonyl (C=O) groups is 1. The molecule has 0 bridgehead atoms. The highest BCUT2D eigenvalue weighted by molar-refractivity contribution is 5.92. The van der Waals surface area contributed by atoms with Crippen molar-refractivity contribution in [1.29, 1.82) is 0 Å². The average molecular weight is 375 g/mol. The Kier molecular flexibility index (Phi) is 4.86. The lowest BCUT2D eigenvalue weighted by Crippen LogP contribution is -2.49. The van der Waals surface area contributed by atoms with Gasteiger partial charge in [0.25, 0.3) is 5.91 Å². The second-order valence-corrected chi connectivity index (χ2v) is 7.45. The molecule has 0 spiro atoms. The van der Waals surface area contributed by atoms with Crippen molar-refractivity contribution in [2.45, 2.75) is 20.8 Å². The average Bonchev–Trinajstić information content (AvgIpc) is 3.18. The van der Waals surface area contributed by atoms with E-state index in [0.717, 1.165) is 18.8 Å². The van der Waals surface area contributed by atoms with Gasteiger partial charge in [-0.1, -0.05) is 40.6 Å². The van der Waals surface area contributed by atoms with E-state index in [-0.39, 0.29) is 5.91 Å². The van der Waals surface area contributed by atoms with Crippen molar-refractivity contribution < 1.29 is 4.79 Å². The molecule has 1 fully saturated rings. The number of carbonyl (C=O) groups excluding carboxylic acids is 1. The Balaban J connectivity index is 1.42. The Morgan fingerprint density at radius 3 is 2.25 bits per heavy atom. The maximum atomic E-state index is 12.8. The smallest absolute Gasteiger partial charge is 0.276 e. The van der Waals surface area contributed by atoms with Gasteiger partial charge in [0.15, 0.2) is 5.69 Å². The van der Waals surface area contributed by atoms with Gasteiger partial charge >= 0.3 is 0 Å². The van der Waals surface area contributed by atoms with E-state index in [2.05, 4.69) is 47.3 Å². The summed E-state index contributed by atoms with van der Waals surface area (Å²) in [5.41, 5.74) is 6.27. The Bertz CT molecular complexity index is 984. The Labute approximate surface area is 165 Å². The highest BCUT2D eigenvalue weighted by atomic mass is 16.2. The van der Waals surface area contributed by atoms with E-state index in [0.29, 0.717) is 18.8 Å². The van der Waals surface area contributed by atoms with Crippen molar-refractivity contribution in [2.24, 2.45) is 0 Å². The van der Waals surface area contributed by atoms with Crippen molar-refractivity contribution in [3.63, 3.8) is 0 Å². The lowest BCUT2D eigenvalue weighted by Gasteiger charge is -2.36. The fraction of sp³-hybridized carbons (Fsp3) is 0.318. The van der Waals surface area contributed by atoms with E-state index in [1.807, 2.05) is 36.1 Å². The number of aromatic nitrogens is 3. The zero-order chi connectivity index (χ0) is 19.7. The molecule has 0 unspecified atom stereocenters. The second-order valence-electron chi connectivity index (χ2n) is 7.45. The van der Waals surface area contributed by atoms with Gasteiger partial charge < -0.3 is 9.80 Å². The minimum absolute atomic E-state index is 0.0568. The first-order chi connectivity index (χ1) is 13.5. The van der Waals surface area contributed by atoms with Gasteiger partial charge in [-0.3, -0.25) is 4.79 Å². The molecule has 6 nitrogen and oxygen atoms in total. The van der Waals surface area contributed by atoms with E-state index in [1.54, 1.807) is 10.9 Å². The Morgan fingerprint density at radius 1 is 0.893 bits per heavy atom. The van der Waals surface area contributed by atoms with Gasteiger partial charge in [-0.2, -0.15) is 0 Å². The number of aryl methyl sites for hydroxylation is 3. The van der Waals surface area contributed by atoms with Crippen LogP contribution in [0.5, 0.6) is 0 Å². The zero-order valence-corrected chi connectivity index (χ0v) is 16.6. The molecule has 1 saturated heterocycles. The van der Waals surface area contributed by atoms with Crippen molar-refractivity contribution in [3.05, 3.63) is 71.0 Å². The molecule has 0 atom stereocenters. The molecular formula is C22H25N5O. The van der Waals surface area contributed by atoms with Crippen LogP contribution in [-0.4, -0.2) is 52.0 Å². The van der Waals surface area contributed by atoms with E-state index < -0.39 is 0 Å². The molecule has 1 aliphatic heterocycles. The highest BCUT2D eigenvalue weighted by Gasteiger charge is 2.25. The summed E-state index contributed by atoms with van der Waals surface area (Å²) in [6.45, 7) is 9.30. The molecule has 0 radical (unpaired) electrons. The van der Waals surface area contributed by atoms with Gasteiger partial charge in [0, 0.05) is 31.9 Å². The molecule has 28 heavy (non-hydrogen) atoms. The number of anilines is 1. The lowest BCUT2D eigenvalue weighted by atomic mass is 10.1. The number of amides is 1. The summed E-state index contributed by atoms with van der Waals surface area (Å²) in [6.07, 6.45) is 1.71. The number of rotatable bonds is 3. The van der Waals surface area contributed by atoms with Gasteiger partial charge in [0.1, 0.15) is 0 Å². The number of piperazine rings is 1. The van der Waals surface area contributed by atoms with E-state index in [9.17, 15) is 4.79 Å². The molecule has 4 rings (SSSR count). The second kappa shape index (κ2) is 7.46. The van der Waals surface area contributed by atoms with Crippen LogP contribution in [0.3, 0.4) is 0 Å². The fourth-order valence-electron chi connectivity index (χ4n) is 3.66. The third-order valence-corrected chi connectivity index (χ3v) is 5.27. The quantitative estimate of drug-likeness (QED) is 0.706. The maximum Gasteiger partial charge on any atom is 0.276 e. The van der Waals surface area contributed by atoms with Crippen LogP contribution in [-0.2, 0) is 0 Å². The number of hydrogen-bond acceptors (Lipinski definition) is 4. The van der Waals surface area contributed by atoms with E-state index in [1.165, 1.54) is 22.4 Å². The standard InChI is InChI=1S/C22H25N5O/c1-16-4-7-19(8-5-16)27-15-20(23-24-27)22(28)26-12-10-25(11-13-26)21-9-6-17(2)14-18(21)3/h4-9,14-15H,10-13H2,1-3H3. The Hall–Kier alpha value is -3.15. The molecule has 1 aromatic heterocycles. The van der Waals surface area contributed by atoms with Crippen LogP contribution in [0.1, 0.15) is 27.2 Å². The summed E-state index contributed by atoms with van der Waals surface area (Å²) in [6, 6.07) is 14.5. The van der Waals surface area contributed by atoms with Crippen LogP contribution in [0.25, 0.3) is 5.69 Å². The summed E-state index contributed by atoms with van der Waals surface area (Å²) < 4.78 is 1.65. The first-order valence-corrected chi connectivity index (χ1v) is 9.62. The van der Waals surface area contributed by atoms with Crippen LogP contribution >= 0.6 is 0 Å². The lowest BCUT2D eigenvalue weighted by molar-refractivity contribution is 0.0740. The predicted molar refractivity (Wildman–Crippen MR) is 110 cm³/mol. The number of hydrogen-bond donors (Lipinski definition) is 0. The van der Waals surface area contributed by atoms with Crippen LogP contribution < -0.4 is 4.90 Å². The minimum Gasteiger partial charge on any atom is -0.368 e. The molecule has 0 saturated carbocycles. The van der Waals surface area contributed by atoms with E-state index in [4.69, 9.17) is 0 Å². The van der Waals surface area contributed by atoms with Crippen LogP contribution in [0.2, 0.25) is 0 Å². The van der Waals surface area contributed by atoms with Gasteiger partial charge in [-0.05, 0) is 44.5 Å². The van der Waals surface area contributed by atoms with Gasteiger partial charge in [0.05, 0.1) is 11.9 Å². The van der Waals surface area contributed by atoms with Crippen LogP contribution in [0.15, 0.2) is 48.7 Å². The monoisotopic (exact) mass is 375 g/mol. The molecule has 1 aliphatic rings. The SMILES string of the molecule is Cc1ccc(-n2cc(C(=O)N3CCN(c4ccc(C)cc4C)CC3)nn2)cc1. The molecule has 0 aliphatic carbocycles. The van der Waals surface area contributed by atoms with Crippen LogP contribution in [0, 0.1) is 20.8 Å². The Morgan fingerprint density at radius 2 is 1.57 bits per heavy atom. The third kappa shape index (κ3) is 3.63. The van der Waals surface area contributed by atoms with Crippen LogP contribution in [0.4, 0.5) is 5.69 Å². The van der Waals surface area contributed by atoms with Crippen molar-refractivity contribution in [2.75, 3.05) is 31.1 Å². The summed E-state index contributed by atoms with van der Waals surface area (Å²) in [4.78, 5) is 17.1. The number of benzene rings is 2. The molecule has 2 aromatic carbocycles. The molecular weight excluding hydrogens is 350 g/mol. The highest BCUT2D eigenvalue weighted by Crippen LogP contribution is 2.23. The topological polar surface area (TPSA) is 54.3 Å². The van der Waals surface area contributed by atoms with Gasteiger partial charge in [-0.25, -0.2) is 4.68 Å². The fourth-order valence-corrected chi connectivity index (χ4v) is 3.66.